The average Bonchev–Trinajstić information content (AvgIpc) is 3.27. The zero-order valence-corrected chi connectivity index (χ0v) is 19.1. The molecule has 0 aliphatic rings. The highest BCUT2D eigenvalue weighted by Crippen LogP contribution is 2.26. The second kappa shape index (κ2) is 9.34. The van der Waals surface area contributed by atoms with E-state index in [4.69, 9.17) is 9.15 Å². The molecule has 5 aromatic rings. The molecule has 5 rings (SSSR count). The molecule has 8 heteroatoms. The molecule has 0 unspecified atom stereocenters. The Balaban J connectivity index is 1.60. The van der Waals surface area contributed by atoms with Crippen molar-refractivity contribution in [3.63, 3.8) is 0 Å². The maximum atomic E-state index is 13.6. The number of aryl methyl sites for hydroxylation is 1. The van der Waals surface area contributed by atoms with E-state index in [1.54, 1.807) is 48.5 Å². The Kier molecular flexibility index (Phi) is 5.93. The molecule has 0 spiro atoms. The van der Waals surface area contributed by atoms with Crippen molar-refractivity contribution in [2.24, 2.45) is 0 Å². The van der Waals surface area contributed by atoms with Crippen molar-refractivity contribution >= 4 is 33.7 Å². The van der Waals surface area contributed by atoms with Gasteiger partial charge in [0.2, 0.25) is 11.5 Å². The summed E-state index contributed by atoms with van der Waals surface area (Å²) in [4.78, 5) is 39.9. The van der Waals surface area contributed by atoms with Crippen molar-refractivity contribution in [1.29, 1.82) is 0 Å². The molecule has 0 bridgehead atoms. The first-order chi connectivity index (χ1) is 17.1. The van der Waals surface area contributed by atoms with Gasteiger partial charge >= 0.3 is 5.69 Å². The van der Waals surface area contributed by atoms with E-state index in [9.17, 15) is 14.4 Å². The third-order valence-corrected chi connectivity index (χ3v) is 5.89. The minimum Gasteiger partial charge on any atom is -0.495 e. The summed E-state index contributed by atoms with van der Waals surface area (Å²) in [6.45, 7) is -0.148. The number of methoxy groups -OCH3 is 1. The van der Waals surface area contributed by atoms with E-state index in [2.05, 4.69) is 5.32 Å². The molecule has 3 aromatic carbocycles. The largest absolute Gasteiger partial charge is 0.495 e. The fourth-order valence-corrected chi connectivity index (χ4v) is 4.21. The first-order valence-corrected chi connectivity index (χ1v) is 11.2. The minimum absolute atomic E-state index is 0.0453. The van der Waals surface area contributed by atoms with Gasteiger partial charge in [-0.3, -0.25) is 18.7 Å². The third-order valence-electron chi connectivity index (χ3n) is 5.89. The molecule has 176 valence electrons. The Bertz CT molecular complexity index is 1650. The summed E-state index contributed by atoms with van der Waals surface area (Å²) >= 11 is 0. The van der Waals surface area contributed by atoms with Gasteiger partial charge < -0.3 is 14.5 Å². The van der Waals surface area contributed by atoms with E-state index < -0.39 is 17.2 Å². The van der Waals surface area contributed by atoms with Crippen LogP contribution in [-0.2, 0) is 24.3 Å². The molecule has 0 atom stereocenters. The fraction of sp³-hybridized carbons (Fsp3) is 0.148. The van der Waals surface area contributed by atoms with Gasteiger partial charge in [0, 0.05) is 11.9 Å². The zero-order chi connectivity index (χ0) is 24.4. The first kappa shape index (κ1) is 22.2. The van der Waals surface area contributed by atoms with E-state index >= 15 is 0 Å². The molecule has 1 amide bonds. The number of aromatic nitrogens is 2. The third kappa shape index (κ3) is 4.21. The maximum absolute atomic E-state index is 13.6. The van der Waals surface area contributed by atoms with Gasteiger partial charge in [-0.05, 0) is 36.2 Å². The van der Waals surface area contributed by atoms with Gasteiger partial charge in [-0.1, -0.05) is 54.6 Å². The molecular weight excluding hydrogens is 446 g/mol. The van der Waals surface area contributed by atoms with Crippen LogP contribution in [0.1, 0.15) is 5.56 Å². The Morgan fingerprint density at radius 1 is 0.914 bits per heavy atom. The number of hydrogen-bond donors (Lipinski definition) is 1. The van der Waals surface area contributed by atoms with E-state index in [-0.39, 0.29) is 18.7 Å². The summed E-state index contributed by atoms with van der Waals surface area (Å²) in [7, 11) is 1.51. The summed E-state index contributed by atoms with van der Waals surface area (Å²) < 4.78 is 13.6. The van der Waals surface area contributed by atoms with Crippen molar-refractivity contribution in [1.82, 2.24) is 9.13 Å². The Morgan fingerprint density at radius 2 is 1.63 bits per heavy atom. The molecule has 0 aliphatic heterocycles. The predicted octanol–water partition coefficient (Wildman–Crippen LogP) is 3.80. The number of hydrogen-bond acceptors (Lipinski definition) is 5. The minimum atomic E-state index is -0.569. The molecular formula is C27H23N3O5. The normalized spacial score (nSPS) is 11.1. The molecule has 1 N–H and O–H groups in total. The summed E-state index contributed by atoms with van der Waals surface area (Å²) in [5.74, 6) is 0.0661. The number of benzene rings is 3. The topological polar surface area (TPSA) is 95.5 Å². The molecule has 0 saturated carbocycles. The SMILES string of the molecule is COc1ccccc1NC(=O)Cn1c(=O)n(CCc2ccccc2)c(=O)c2oc3ccccc3c21. The van der Waals surface area contributed by atoms with Gasteiger partial charge in [-0.15, -0.1) is 0 Å². The number of nitrogens with zero attached hydrogens (tertiary/aromatic N) is 2. The molecule has 2 aromatic heterocycles. The molecule has 0 radical (unpaired) electrons. The van der Waals surface area contributed by atoms with E-state index in [1.807, 2.05) is 30.3 Å². The van der Waals surface area contributed by atoms with Crippen molar-refractivity contribution in [2.45, 2.75) is 19.5 Å². The Hall–Kier alpha value is -4.59. The number of carbonyl (C=O) groups is 1. The van der Waals surface area contributed by atoms with Gasteiger partial charge in [0.25, 0.3) is 5.56 Å². The second-order valence-electron chi connectivity index (χ2n) is 8.09. The molecule has 35 heavy (non-hydrogen) atoms. The molecule has 0 aliphatic carbocycles. The van der Waals surface area contributed by atoms with Gasteiger partial charge in [0.15, 0.2) is 0 Å². The number of carbonyl (C=O) groups excluding carboxylic acids is 1. The number of para-hydroxylation sites is 3. The van der Waals surface area contributed by atoms with Crippen LogP contribution in [0.4, 0.5) is 5.69 Å². The van der Waals surface area contributed by atoms with Crippen molar-refractivity contribution in [2.75, 3.05) is 12.4 Å². The fourth-order valence-electron chi connectivity index (χ4n) is 4.21. The van der Waals surface area contributed by atoms with Crippen LogP contribution >= 0.6 is 0 Å². The lowest BCUT2D eigenvalue weighted by Crippen LogP contribution is -2.41. The van der Waals surface area contributed by atoms with Crippen molar-refractivity contribution in [3.05, 3.63) is 105 Å². The number of nitrogens with one attached hydrogen (secondary N) is 1. The zero-order valence-electron chi connectivity index (χ0n) is 19.1. The first-order valence-electron chi connectivity index (χ1n) is 11.2. The highest BCUT2D eigenvalue weighted by Gasteiger charge is 2.21. The monoisotopic (exact) mass is 469 g/mol. The van der Waals surface area contributed by atoms with Crippen LogP contribution in [0.2, 0.25) is 0 Å². The van der Waals surface area contributed by atoms with Crippen LogP contribution < -0.4 is 21.3 Å². The lowest BCUT2D eigenvalue weighted by molar-refractivity contribution is -0.116. The second-order valence-corrected chi connectivity index (χ2v) is 8.09. The average molecular weight is 469 g/mol. The number of ether oxygens (including phenoxy) is 1. The number of furan rings is 1. The summed E-state index contributed by atoms with van der Waals surface area (Å²) in [5.41, 5.74) is 1.21. The molecule has 2 heterocycles. The molecule has 8 nitrogen and oxygen atoms in total. The van der Waals surface area contributed by atoms with E-state index in [0.717, 1.165) is 10.1 Å². The van der Waals surface area contributed by atoms with Gasteiger partial charge in [0.1, 0.15) is 23.4 Å². The lowest BCUT2D eigenvalue weighted by Gasteiger charge is -2.13. The summed E-state index contributed by atoms with van der Waals surface area (Å²) in [6, 6.07) is 23.7. The predicted molar refractivity (Wildman–Crippen MR) is 134 cm³/mol. The maximum Gasteiger partial charge on any atom is 0.332 e. The van der Waals surface area contributed by atoms with Crippen LogP contribution in [0, 0.1) is 0 Å². The smallest absolute Gasteiger partial charge is 0.332 e. The molecule has 0 fully saturated rings. The van der Waals surface area contributed by atoms with Gasteiger partial charge in [0.05, 0.1) is 12.8 Å². The van der Waals surface area contributed by atoms with Gasteiger partial charge in [-0.2, -0.15) is 0 Å². The molecule has 0 saturated heterocycles. The number of rotatable bonds is 7. The van der Waals surface area contributed by atoms with Crippen LogP contribution in [0.5, 0.6) is 5.75 Å². The lowest BCUT2D eigenvalue weighted by atomic mass is 10.1. The Labute approximate surface area is 200 Å². The van der Waals surface area contributed by atoms with Crippen LogP contribution in [0.3, 0.4) is 0 Å². The van der Waals surface area contributed by atoms with Crippen molar-refractivity contribution < 1.29 is 13.9 Å². The van der Waals surface area contributed by atoms with Crippen LogP contribution in [-0.4, -0.2) is 22.2 Å². The Morgan fingerprint density at radius 3 is 2.43 bits per heavy atom. The quantitative estimate of drug-likeness (QED) is 0.391. The summed E-state index contributed by atoms with van der Waals surface area (Å²) in [5, 5.41) is 3.39. The summed E-state index contributed by atoms with van der Waals surface area (Å²) in [6.07, 6.45) is 0.481. The van der Waals surface area contributed by atoms with Crippen molar-refractivity contribution in [3.8, 4) is 5.75 Å². The van der Waals surface area contributed by atoms with Crippen LogP contribution in [0.25, 0.3) is 22.1 Å². The number of fused-ring (bicyclic) bond motifs is 3. The number of amides is 1. The van der Waals surface area contributed by atoms with E-state index in [0.29, 0.717) is 34.3 Å². The van der Waals surface area contributed by atoms with Crippen LogP contribution in [0.15, 0.2) is 92.9 Å². The highest BCUT2D eigenvalue weighted by atomic mass is 16.5. The standard InChI is InChI=1S/C27H23N3O5/c1-34-22-14-8-6-12-20(22)28-23(31)17-30-24-19-11-5-7-13-21(19)35-25(24)26(32)29(27(30)33)16-15-18-9-3-2-4-10-18/h2-14H,15-17H2,1H3,(H,28,31). The van der Waals surface area contributed by atoms with Gasteiger partial charge in [-0.25, -0.2) is 4.79 Å². The van der Waals surface area contributed by atoms with E-state index in [1.165, 1.54) is 11.7 Å². The highest BCUT2D eigenvalue weighted by molar-refractivity contribution is 6.03. The number of anilines is 1.